The number of hydrogen-bond acceptors (Lipinski definition) is 5. The number of nitrogens with zero attached hydrogens (tertiary/aromatic N) is 2. The lowest BCUT2D eigenvalue weighted by atomic mass is 10.3. The largest absolute Gasteiger partial charge is 0.497 e. The zero-order valence-electron chi connectivity index (χ0n) is 12.6. The molecule has 0 saturated carbocycles. The van der Waals surface area contributed by atoms with Crippen LogP contribution in [0, 0.1) is 0 Å². The number of rotatable bonds is 4. The van der Waals surface area contributed by atoms with Gasteiger partial charge in [0.1, 0.15) is 11.6 Å². The molecule has 0 aliphatic heterocycles. The Kier molecular flexibility index (Phi) is 3.97. The number of nitrogens with one attached hydrogen (secondary N) is 1. The Morgan fingerprint density at radius 2 is 1.78 bits per heavy atom. The molecule has 0 aliphatic rings. The molecule has 3 aromatic rings. The van der Waals surface area contributed by atoms with E-state index < -0.39 is 5.56 Å². The fourth-order valence-electron chi connectivity index (χ4n) is 2.24. The van der Waals surface area contributed by atoms with Crippen molar-refractivity contribution in [2.75, 3.05) is 18.2 Å². The molecule has 0 bridgehead atoms. The van der Waals surface area contributed by atoms with Crippen LogP contribution in [-0.4, -0.2) is 16.7 Å². The van der Waals surface area contributed by atoms with Crippen molar-refractivity contribution in [2.24, 2.45) is 0 Å². The summed E-state index contributed by atoms with van der Waals surface area (Å²) in [6, 6.07) is 18.1. The Morgan fingerprint density at radius 3 is 2.43 bits per heavy atom. The lowest BCUT2D eigenvalue weighted by molar-refractivity contribution is 0.415. The van der Waals surface area contributed by atoms with Crippen LogP contribution in [0.5, 0.6) is 5.75 Å². The summed E-state index contributed by atoms with van der Waals surface area (Å²) in [6.45, 7) is 0. The van der Waals surface area contributed by atoms with Crippen molar-refractivity contribution >= 4 is 17.5 Å². The zero-order chi connectivity index (χ0) is 16.2. The van der Waals surface area contributed by atoms with Gasteiger partial charge in [-0.1, -0.05) is 18.2 Å². The van der Waals surface area contributed by atoms with E-state index in [0.29, 0.717) is 11.8 Å². The highest BCUT2D eigenvalue weighted by atomic mass is 16.5. The number of para-hydroxylation sites is 1. The molecule has 0 radical (unpaired) electrons. The molecule has 0 atom stereocenters. The molecule has 6 heteroatoms. The van der Waals surface area contributed by atoms with Gasteiger partial charge < -0.3 is 15.8 Å². The van der Waals surface area contributed by atoms with Gasteiger partial charge in [-0.2, -0.15) is 4.98 Å². The maximum absolute atomic E-state index is 11.7. The molecule has 2 aromatic carbocycles. The van der Waals surface area contributed by atoms with Crippen LogP contribution in [0.1, 0.15) is 0 Å². The molecule has 3 rings (SSSR count). The van der Waals surface area contributed by atoms with E-state index in [4.69, 9.17) is 10.5 Å². The van der Waals surface area contributed by atoms with E-state index in [9.17, 15) is 4.79 Å². The molecular formula is C17H16N4O2. The van der Waals surface area contributed by atoms with Crippen LogP contribution in [0.3, 0.4) is 0 Å². The Bertz CT molecular complexity index is 858. The van der Waals surface area contributed by atoms with Gasteiger partial charge in [0.05, 0.1) is 12.8 Å². The van der Waals surface area contributed by atoms with Crippen LogP contribution < -0.4 is 21.3 Å². The normalized spacial score (nSPS) is 10.3. The summed E-state index contributed by atoms with van der Waals surface area (Å²) in [4.78, 5) is 15.8. The Labute approximate surface area is 133 Å². The van der Waals surface area contributed by atoms with Crippen molar-refractivity contribution in [3.8, 4) is 11.4 Å². The summed E-state index contributed by atoms with van der Waals surface area (Å²) in [7, 11) is 1.61. The molecule has 116 valence electrons. The summed E-state index contributed by atoms with van der Waals surface area (Å²) in [5.41, 5.74) is 7.20. The lowest BCUT2D eigenvalue weighted by Gasteiger charge is -2.16. The number of anilines is 3. The standard InChI is InChI=1S/C17H16N4O2/c1-23-14-9-7-12(8-10-14)19-17-20-16(22)11-15(18)21(17)13-5-3-2-4-6-13/h2-11H,18H2,1H3,(H,19,20,22). The maximum atomic E-state index is 11.7. The van der Waals surface area contributed by atoms with Crippen LogP contribution in [0.2, 0.25) is 0 Å². The Hall–Kier alpha value is -3.28. The minimum Gasteiger partial charge on any atom is -0.497 e. The number of nitrogen functional groups attached to an aromatic ring is 1. The van der Waals surface area contributed by atoms with Crippen molar-refractivity contribution < 1.29 is 4.74 Å². The third-order valence-electron chi connectivity index (χ3n) is 3.32. The Balaban J connectivity index is 2.05. The first-order chi connectivity index (χ1) is 11.2. The molecule has 0 saturated heterocycles. The summed E-state index contributed by atoms with van der Waals surface area (Å²) < 4.78 is 6.82. The molecule has 23 heavy (non-hydrogen) atoms. The number of ether oxygens (including phenoxy) is 1. The van der Waals surface area contributed by atoms with Crippen LogP contribution >= 0.6 is 0 Å². The van der Waals surface area contributed by atoms with Crippen LogP contribution in [0.15, 0.2) is 65.5 Å². The maximum Gasteiger partial charge on any atom is 0.276 e. The average molecular weight is 308 g/mol. The molecule has 6 nitrogen and oxygen atoms in total. The molecule has 0 amide bonds. The first kappa shape index (κ1) is 14.6. The van der Waals surface area contributed by atoms with Gasteiger partial charge >= 0.3 is 0 Å². The molecule has 3 N–H and O–H groups in total. The SMILES string of the molecule is COc1ccc(Nc2nc(=O)cc(N)n2-c2ccccc2)cc1. The van der Waals surface area contributed by atoms with Gasteiger partial charge in [-0.05, 0) is 36.4 Å². The van der Waals surface area contributed by atoms with Gasteiger partial charge in [0, 0.05) is 11.8 Å². The van der Waals surface area contributed by atoms with E-state index in [2.05, 4.69) is 10.3 Å². The molecule has 1 aromatic heterocycles. The number of hydrogen-bond donors (Lipinski definition) is 2. The number of aromatic nitrogens is 2. The highest BCUT2D eigenvalue weighted by Gasteiger charge is 2.10. The number of methoxy groups -OCH3 is 1. The molecule has 1 heterocycles. The highest BCUT2D eigenvalue weighted by Crippen LogP contribution is 2.22. The predicted octanol–water partition coefficient (Wildman–Crippen LogP) is 2.57. The minimum atomic E-state index is -0.398. The van der Waals surface area contributed by atoms with Gasteiger partial charge in [0.25, 0.3) is 5.56 Å². The van der Waals surface area contributed by atoms with Crippen molar-refractivity contribution in [3.05, 3.63) is 71.0 Å². The van der Waals surface area contributed by atoms with E-state index in [-0.39, 0.29) is 0 Å². The van der Waals surface area contributed by atoms with E-state index in [0.717, 1.165) is 17.1 Å². The fraction of sp³-hybridized carbons (Fsp3) is 0.0588. The number of benzene rings is 2. The average Bonchev–Trinajstić information content (AvgIpc) is 2.56. The summed E-state index contributed by atoms with van der Waals surface area (Å²) >= 11 is 0. The highest BCUT2D eigenvalue weighted by molar-refractivity contribution is 5.59. The van der Waals surface area contributed by atoms with E-state index in [1.165, 1.54) is 6.07 Å². The quantitative estimate of drug-likeness (QED) is 0.774. The van der Waals surface area contributed by atoms with Gasteiger partial charge in [-0.3, -0.25) is 9.36 Å². The van der Waals surface area contributed by atoms with E-state index in [1.807, 2.05) is 54.6 Å². The first-order valence-electron chi connectivity index (χ1n) is 7.03. The first-order valence-corrected chi connectivity index (χ1v) is 7.03. The molecule has 0 fully saturated rings. The molecule has 0 unspecified atom stereocenters. The molecule has 0 spiro atoms. The van der Waals surface area contributed by atoms with Crippen molar-refractivity contribution in [3.63, 3.8) is 0 Å². The molecular weight excluding hydrogens is 292 g/mol. The van der Waals surface area contributed by atoms with Crippen molar-refractivity contribution in [2.45, 2.75) is 0 Å². The second kappa shape index (κ2) is 6.23. The van der Waals surface area contributed by atoms with E-state index in [1.54, 1.807) is 11.7 Å². The summed E-state index contributed by atoms with van der Waals surface area (Å²) in [5.74, 6) is 1.41. The van der Waals surface area contributed by atoms with Crippen LogP contribution in [-0.2, 0) is 0 Å². The number of nitrogens with two attached hydrogens (primary N) is 1. The Morgan fingerprint density at radius 1 is 1.09 bits per heavy atom. The second-order valence-corrected chi connectivity index (χ2v) is 4.87. The zero-order valence-corrected chi connectivity index (χ0v) is 12.6. The fourth-order valence-corrected chi connectivity index (χ4v) is 2.24. The van der Waals surface area contributed by atoms with Gasteiger partial charge in [-0.25, -0.2) is 0 Å². The topological polar surface area (TPSA) is 82.2 Å². The van der Waals surface area contributed by atoms with Gasteiger partial charge in [-0.15, -0.1) is 0 Å². The van der Waals surface area contributed by atoms with Crippen molar-refractivity contribution in [1.29, 1.82) is 0 Å². The minimum absolute atomic E-state index is 0.312. The predicted molar refractivity (Wildman–Crippen MR) is 90.5 cm³/mol. The smallest absolute Gasteiger partial charge is 0.276 e. The monoisotopic (exact) mass is 308 g/mol. The van der Waals surface area contributed by atoms with Crippen molar-refractivity contribution in [1.82, 2.24) is 9.55 Å². The van der Waals surface area contributed by atoms with Gasteiger partial charge in [0.2, 0.25) is 5.95 Å². The van der Waals surface area contributed by atoms with Crippen LogP contribution in [0.25, 0.3) is 5.69 Å². The molecule has 0 aliphatic carbocycles. The summed E-state index contributed by atoms with van der Waals surface area (Å²) in [5, 5.41) is 3.12. The van der Waals surface area contributed by atoms with Crippen LogP contribution in [0.4, 0.5) is 17.5 Å². The second-order valence-electron chi connectivity index (χ2n) is 4.87. The van der Waals surface area contributed by atoms with Gasteiger partial charge in [0.15, 0.2) is 0 Å². The third-order valence-corrected chi connectivity index (χ3v) is 3.32. The summed E-state index contributed by atoms with van der Waals surface area (Å²) in [6.07, 6.45) is 0. The lowest BCUT2D eigenvalue weighted by Crippen LogP contribution is -2.18. The van der Waals surface area contributed by atoms with E-state index >= 15 is 0 Å². The third kappa shape index (κ3) is 3.16.